The Morgan fingerprint density at radius 2 is 1.76 bits per heavy atom. The van der Waals surface area contributed by atoms with Gasteiger partial charge in [0.25, 0.3) is 0 Å². The number of hydrogen-bond acceptors (Lipinski definition) is 9. The lowest BCUT2D eigenvalue weighted by Crippen LogP contribution is -2.60. The second kappa shape index (κ2) is 9.08. The summed E-state index contributed by atoms with van der Waals surface area (Å²) in [6.45, 7) is 1.54. The molecule has 6 atom stereocenters. The SMILES string of the molecule is C[C@H](C(=O)O[C@@H]1O[C@H](C(=O)O)[C@@H](O)[C@H](O)[C@H]1O)c1ccc2oc(-c3ccc(Cl)cc3)nc2c1. The van der Waals surface area contributed by atoms with Gasteiger partial charge < -0.3 is 34.3 Å². The van der Waals surface area contributed by atoms with Crippen LogP contribution in [-0.4, -0.2) is 68.1 Å². The van der Waals surface area contributed by atoms with Crippen LogP contribution in [0.25, 0.3) is 22.6 Å². The molecule has 2 heterocycles. The van der Waals surface area contributed by atoms with Crippen molar-refractivity contribution in [1.29, 1.82) is 0 Å². The molecule has 1 fully saturated rings. The third-order valence-electron chi connectivity index (χ3n) is 5.40. The normalized spacial score (nSPS) is 26.2. The average Bonchev–Trinajstić information content (AvgIpc) is 3.22. The summed E-state index contributed by atoms with van der Waals surface area (Å²) in [5, 5.41) is 39.3. The third kappa shape index (κ3) is 4.56. The van der Waals surface area contributed by atoms with Crippen LogP contribution in [0.2, 0.25) is 5.02 Å². The maximum atomic E-state index is 12.7. The first-order valence-electron chi connectivity index (χ1n) is 9.95. The van der Waals surface area contributed by atoms with Gasteiger partial charge in [-0.1, -0.05) is 17.7 Å². The fourth-order valence-corrected chi connectivity index (χ4v) is 3.56. The Morgan fingerprint density at radius 1 is 1.06 bits per heavy atom. The summed E-state index contributed by atoms with van der Waals surface area (Å²) in [5.74, 6) is -2.89. The maximum Gasteiger partial charge on any atom is 0.335 e. The number of fused-ring (bicyclic) bond motifs is 1. The lowest BCUT2D eigenvalue weighted by Gasteiger charge is -2.38. The summed E-state index contributed by atoms with van der Waals surface area (Å²) >= 11 is 5.91. The lowest BCUT2D eigenvalue weighted by molar-refractivity contribution is -0.286. The van der Waals surface area contributed by atoms with Gasteiger partial charge >= 0.3 is 11.9 Å². The van der Waals surface area contributed by atoms with Crippen molar-refractivity contribution in [1.82, 2.24) is 4.98 Å². The maximum absolute atomic E-state index is 12.7. The Morgan fingerprint density at radius 3 is 2.42 bits per heavy atom. The Kier molecular flexibility index (Phi) is 6.37. The summed E-state index contributed by atoms with van der Waals surface area (Å²) in [6.07, 6.45) is -9.22. The minimum atomic E-state index is -1.88. The zero-order valence-electron chi connectivity index (χ0n) is 17.2. The summed E-state index contributed by atoms with van der Waals surface area (Å²) in [6, 6.07) is 11.9. The zero-order valence-corrected chi connectivity index (χ0v) is 17.9. The number of carbonyl (C=O) groups is 2. The van der Waals surface area contributed by atoms with E-state index in [2.05, 4.69) is 4.98 Å². The molecule has 0 spiro atoms. The molecule has 4 rings (SSSR count). The van der Waals surface area contributed by atoms with Crippen LogP contribution >= 0.6 is 11.6 Å². The van der Waals surface area contributed by atoms with Crippen molar-refractivity contribution in [3.63, 3.8) is 0 Å². The molecule has 11 heteroatoms. The molecule has 1 aliphatic heterocycles. The number of hydrogen-bond donors (Lipinski definition) is 4. The van der Waals surface area contributed by atoms with Gasteiger partial charge in [-0.05, 0) is 48.9 Å². The van der Waals surface area contributed by atoms with Crippen LogP contribution in [0.4, 0.5) is 0 Å². The van der Waals surface area contributed by atoms with E-state index in [1.807, 2.05) is 0 Å². The van der Waals surface area contributed by atoms with Crippen molar-refractivity contribution < 1.29 is 43.9 Å². The van der Waals surface area contributed by atoms with Crippen LogP contribution in [-0.2, 0) is 19.1 Å². The van der Waals surface area contributed by atoms with E-state index in [-0.39, 0.29) is 0 Å². The molecule has 0 aliphatic carbocycles. The van der Waals surface area contributed by atoms with Crippen molar-refractivity contribution in [2.75, 3.05) is 0 Å². The predicted molar refractivity (Wildman–Crippen MR) is 113 cm³/mol. The van der Waals surface area contributed by atoms with E-state index < -0.39 is 48.6 Å². The molecule has 1 aliphatic rings. The van der Waals surface area contributed by atoms with Gasteiger partial charge in [0.15, 0.2) is 11.7 Å². The van der Waals surface area contributed by atoms with Crippen molar-refractivity contribution in [2.24, 2.45) is 0 Å². The van der Waals surface area contributed by atoms with E-state index >= 15 is 0 Å². The monoisotopic (exact) mass is 477 g/mol. The third-order valence-corrected chi connectivity index (χ3v) is 5.65. The van der Waals surface area contributed by atoms with Crippen molar-refractivity contribution in [2.45, 2.75) is 43.5 Å². The number of oxazole rings is 1. The van der Waals surface area contributed by atoms with E-state index in [0.717, 1.165) is 5.56 Å². The number of rotatable bonds is 5. The Hall–Kier alpha value is -3.02. The van der Waals surface area contributed by atoms with Crippen LogP contribution in [0.1, 0.15) is 18.4 Å². The molecule has 0 radical (unpaired) electrons. The van der Waals surface area contributed by atoms with Crippen molar-refractivity contribution in [3.05, 3.63) is 53.1 Å². The molecular formula is C22H20ClNO9. The predicted octanol–water partition coefficient (Wildman–Crippen LogP) is 1.69. The summed E-state index contributed by atoms with van der Waals surface area (Å²) < 4.78 is 15.9. The number of benzene rings is 2. The molecule has 1 aromatic heterocycles. The second-order valence-electron chi connectivity index (χ2n) is 7.65. The molecule has 4 N–H and O–H groups in total. The molecular weight excluding hydrogens is 458 g/mol. The molecule has 3 aromatic rings. The minimum Gasteiger partial charge on any atom is -0.479 e. The number of carboxylic acids is 1. The van der Waals surface area contributed by atoms with Crippen LogP contribution in [0, 0.1) is 0 Å². The molecule has 1 saturated heterocycles. The second-order valence-corrected chi connectivity index (χ2v) is 8.08. The van der Waals surface area contributed by atoms with Crippen LogP contribution in [0.3, 0.4) is 0 Å². The number of aliphatic hydroxyl groups is 3. The van der Waals surface area contributed by atoms with E-state index in [4.69, 9.17) is 30.6 Å². The number of nitrogens with zero attached hydrogens (tertiary/aromatic N) is 1. The largest absolute Gasteiger partial charge is 0.479 e. The smallest absolute Gasteiger partial charge is 0.335 e. The minimum absolute atomic E-state index is 0.375. The first-order chi connectivity index (χ1) is 15.7. The molecule has 174 valence electrons. The molecule has 2 aromatic carbocycles. The molecule has 0 unspecified atom stereocenters. The van der Waals surface area contributed by atoms with Gasteiger partial charge in [-0.25, -0.2) is 9.78 Å². The summed E-state index contributed by atoms with van der Waals surface area (Å²) in [4.78, 5) is 28.3. The van der Waals surface area contributed by atoms with Gasteiger partial charge in [-0.15, -0.1) is 0 Å². The van der Waals surface area contributed by atoms with E-state index in [9.17, 15) is 24.9 Å². The Bertz CT molecular complexity index is 1180. The fourth-order valence-electron chi connectivity index (χ4n) is 3.43. The molecule has 10 nitrogen and oxygen atoms in total. The number of aliphatic hydroxyl groups excluding tert-OH is 3. The van der Waals surface area contributed by atoms with Crippen LogP contribution in [0.5, 0.6) is 0 Å². The average molecular weight is 478 g/mol. The quantitative estimate of drug-likeness (QED) is 0.398. The number of halogens is 1. The van der Waals surface area contributed by atoms with Crippen LogP contribution < -0.4 is 0 Å². The topological polar surface area (TPSA) is 160 Å². The van der Waals surface area contributed by atoms with Gasteiger partial charge in [0.05, 0.1) is 5.92 Å². The highest BCUT2D eigenvalue weighted by molar-refractivity contribution is 6.30. The first-order valence-corrected chi connectivity index (χ1v) is 10.3. The van der Waals surface area contributed by atoms with Gasteiger partial charge in [-0.3, -0.25) is 4.79 Å². The Labute approximate surface area is 191 Å². The van der Waals surface area contributed by atoms with Gasteiger partial charge in [0.1, 0.15) is 23.8 Å². The molecule has 0 amide bonds. The fraction of sp³-hybridized carbons (Fsp3) is 0.318. The number of carboxylic acid groups (broad SMARTS) is 1. The molecule has 0 saturated carbocycles. The number of ether oxygens (including phenoxy) is 2. The summed E-state index contributed by atoms with van der Waals surface area (Å²) in [7, 11) is 0. The molecule has 33 heavy (non-hydrogen) atoms. The number of aromatic nitrogens is 1. The molecule has 0 bridgehead atoms. The van der Waals surface area contributed by atoms with E-state index in [1.54, 1.807) is 49.4 Å². The Balaban J connectivity index is 1.51. The highest BCUT2D eigenvalue weighted by Crippen LogP contribution is 2.29. The van der Waals surface area contributed by atoms with Crippen molar-refractivity contribution >= 4 is 34.6 Å². The zero-order chi connectivity index (χ0) is 23.9. The lowest BCUT2D eigenvalue weighted by atomic mass is 9.98. The number of esters is 1. The number of carbonyl (C=O) groups excluding carboxylic acids is 1. The van der Waals surface area contributed by atoms with Gasteiger partial charge in [0, 0.05) is 10.6 Å². The van der Waals surface area contributed by atoms with E-state index in [1.165, 1.54) is 0 Å². The van der Waals surface area contributed by atoms with E-state index in [0.29, 0.717) is 27.6 Å². The van der Waals surface area contributed by atoms with Crippen molar-refractivity contribution in [3.8, 4) is 11.5 Å². The summed E-state index contributed by atoms with van der Waals surface area (Å²) in [5.41, 5.74) is 2.23. The highest BCUT2D eigenvalue weighted by Gasteiger charge is 2.48. The highest BCUT2D eigenvalue weighted by atomic mass is 35.5. The standard InChI is InChI=1S/C22H20ClNO9/c1-9(21(30)33-22-17(27)15(25)16(26)18(32-22)20(28)29)11-4-7-14-13(8-11)24-19(31-14)10-2-5-12(23)6-3-10/h2-9,15-18,22,25-27H,1H3,(H,28,29)/t9-,15-,16-,17+,18-,22-/m0/s1. The van der Waals surface area contributed by atoms with Gasteiger partial charge in [-0.2, -0.15) is 0 Å². The number of aliphatic carboxylic acids is 1. The first kappa shape index (κ1) is 23.1. The van der Waals surface area contributed by atoms with Gasteiger partial charge in [0.2, 0.25) is 12.2 Å². The van der Waals surface area contributed by atoms with Crippen LogP contribution in [0.15, 0.2) is 46.9 Å².